The Hall–Kier alpha value is -3.28. The van der Waals surface area contributed by atoms with Gasteiger partial charge in [-0.1, -0.05) is 36.4 Å². The highest BCUT2D eigenvalue weighted by atomic mass is 16.2. The van der Waals surface area contributed by atoms with E-state index in [1.165, 1.54) is 0 Å². The molecule has 1 unspecified atom stereocenters. The van der Waals surface area contributed by atoms with Crippen molar-refractivity contribution in [3.8, 4) is 11.3 Å². The average Bonchev–Trinajstić information content (AvgIpc) is 2.75. The maximum absolute atomic E-state index is 12.9. The average molecular weight is 373 g/mol. The molecule has 2 aromatic heterocycles. The van der Waals surface area contributed by atoms with Crippen molar-refractivity contribution in [2.45, 2.75) is 31.7 Å². The van der Waals surface area contributed by atoms with E-state index in [1.54, 1.807) is 12.4 Å². The van der Waals surface area contributed by atoms with Gasteiger partial charge < -0.3 is 10.6 Å². The number of nitrogens with two attached hydrogens (primary N) is 1. The highest BCUT2D eigenvalue weighted by Gasteiger charge is 2.28. The second-order valence-electron chi connectivity index (χ2n) is 7.07. The first-order chi connectivity index (χ1) is 13.7. The molecule has 1 aromatic carbocycles. The number of hydrogen-bond donors (Lipinski definition) is 1. The van der Waals surface area contributed by atoms with Crippen LogP contribution in [0.25, 0.3) is 11.3 Å². The zero-order valence-corrected chi connectivity index (χ0v) is 15.7. The van der Waals surface area contributed by atoms with Crippen LogP contribution in [0.5, 0.6) is 0 Å². The fourth-order valence-corrected chi connectivity index (χ4v) is 3.69. The Kier molecular flexibility index (Phi) is 5.28. The third-order valence-corrected chi connectivity index (χ3v) is 5.16. The van der Waals surface area contributed by atoms with Gasteiger partial charge in [0, 0.05) is 30.7 Å². The summed E-state index contributed by atoms with van der Waals surface area (Å²) in [6, 6.07) is 14.0. The molecule has 1 atom stereocenters. The van der Waals surface area contributed by atoms with Crippen LogP contribution in [-0.4, -0.2) is 32.3 Å². The molecule has 0 saturated carbocycles. The van der Waals surface area contributed by atoms with E-state index in [0.717, 1.165) is 48.2 Å². The minimum absolute atomic E-state index is 0.0779. The largest absolute Gasteiger partial charge is 0.368 e. The number of piperidine rings is 1. The van der Waals surface area contributed by atoms with E-state index >= 15 is 0 Å². The lowest BCUT2D eigenvalue weighted by Gasteiger charge is -2.36. The van der Waals surface area contributed by atoms with E-state index in [0.29, 0.717) is 6.42 Å². The van der Waals surface area contributed by atoms with Crippen LogP contribution >= 0.6 is 0 Å². The molecule has 6 heteroatoms. The van der Waals surface area contributed by atoms with Gasteiger partial charge in [0.2, 0.25) is 11.9 Å². The van der Waals surface area contributed by atoms with Gasteiger partial charge in [-0.25, -0.2) is 9.97 Å². The molecule has 3 aromatic rings. The SMILES string of the molecule is Nc1ncc(-c2ccc(C3CCCCN3C(=O)Cc3ccccc3)cn2)cn1. The van der Waals surface area contributed by atoms with Gasteiger partial charge in [-0.2, -0.15) is 0 Å². The molecule has 0 bridgehead atoms. The Morgan fingerprint density at radius 1 is 1.00 bits per heavy atom. The predicted octanol–water partition coefficient (Wildman–Crippen LogP) is 3.42. The van der Waals surface area contributed by atoms with E-state index in [4.69, 9.17) is 5.73 Å². The molecular formula is C22H23N5O. The summed E-state index contributed by atoms with van der Waals surface area (Å²) in [5, 5.41) is 0. The van der Waals surface area contributed by atoms with Crippen LogP contribution < -0.4 is 5.73 Å². The van der Waals surface area contributed by atoms with Crippen LogP contribution in [-0.2, 0) is 11.2 Å². The number of aromatic nitrogens is 3. The number of nitrogens with zero attached hydrogens (tertiary/aromatic N) is 4. The number of hydrogen-bond acceptors (Lipinski definition) is 5. The summed E-state index contributed by atoms with van der Waals surface area (Å²) in [6.45, 7) is 0.796. The lowest BCUT2D eigenvalue weighted by atomic mass is 9.95. The van der Waals surface area contributed by atoms with Gasteiger partial charge in [0.15, 0.2) is 0 Å². The highest BCUT2D eigenvalue weighted by molar-refractivity contribution is 5.79. The third-order valence-electron chi connectivity index (χ3n) is 5.16. The van der Waals surface area contributed by atoms with Gasteiger partial charge in [0.25, 0.3) is 0 Å². The number of nitrogen functional groups attached to an aromatic ring is 1. The number of likely N-dealkylation sites (tertiary alicyclic amines) is 1. The minimum Gasteiger partial charge on any atom is -0.368 e. The van der Waals surface area contributed by atoms with E-state index in [1.807, 2.05) is 47.5 Å². The van der Waals surface area contributed by atoms with Gasteiger partial charge in [-0.3, -0.25) is 9.78 Å². The molecule has 0 radical (unpaired) electrons. The lowest BCUT2D eigenvalue weighted by Crippen LogP contribution is -2.39. The molecule has 3 heterocycles. The summed E-state index contributed by atoms with van der Waals surface area (Å²) in [4.78, 5) is 27.6. The summed E-state index contributed by atoms with van der Waals surface area (Å²) < 4.78 is 0. The van der Waals surface area contributed by atoms with Crippen LogP contribution in [0.4, 0.5) is 5.95 Å². The maximum atomic E-state index is 12.9. The normalized spacial score (nSPS) is 16.7. The predicted molar refractivity (Wildman–Crippen MR) is 108 cm³/mol. The maximum Gasteiger partial charge on any atom is 0.227 e. The van der Waals surface area contributed by atoms with Gasteiger partial charge in [-0.15, -0.1) is 0 Å². The van der Waals surface area contributed by atoms with Crippen molar-refractivity contribution in [1.82, 2.24) is 19.9 Å². The van der Waals surface area contributed by atoms with Crippen LogP contribution in [0.15, 0.2) is 61.1 Å². The first kappa shape index (κ1) is 18.1. The summed E-state index contributed by atoms with van der Waals surface area (Å²) in [5.41, 5.74) is 9.28. The topological polar surface area (TPSA) is 85.0 Å². The zero-order chi connectivity index (χ0) is 19.3. The Bertz CT molecular complexity index is 925. The van der Waals surface area contributed by atoms with E-state index in [9.17, 15) is 4.79 Å². The lowest BCUT2D eigenvalue weighted by molar-refractivity contribution is -0.134. The van der Waals surface area contributed by atoms with Crippen LogP contribution in [0.1, 0.15) is 36.4 Å². The second kappa shape index (κ2) is 8.17. The van der Waals surface area contributed by atoms with E-state index in [2.05, 4.69) is 21.0 Å². The minimum atomic E-state index is 0.0779. The van der Waals surface area contributed by atoms with Crippen molar-refractivity contribution < 1.29 is 4.79 Å². The highest BCUT2D eigenvalue weighted by Crippen LogP contribution is 2.32. The van der Waals surface area contributed by atoms with Crippen molar-refractivity contribution in [3.63, 3.8) is 0 Å². The molecule has 1 aliphatic rings. The van der Waals surface area contributed by atoms with Gasteiger partial charge in [-0.05, 0) is 36.5 Å². The summed E-state index contributed by atoms with van der Waals surface area (Å²) in [7, 11) is 0. The molecule has 0 spiro atoms. The number of carbonyl (C=O) groups excluding carboxylic acids is 1. The number of benzene rings is 1. The van der Waals surface area contributed by atoms with Crippen LogP contribution in [0.2, 0.25) is 0 Å². The molecule has 1 fully saturated rings. The van der Waals surface area contributed by atoms with Crippen molar-refractivity contribution in [1.29, 1.82) is 0 Å². The fraction of sp³-hybridized carbons (Fsp3) is 0.273. The molecular weight excluding hydrogens is 350 g/mol. The fourth-order valence-electron chi connectivity index (χ4n) is 3.69. The van der Waals surface area contributed by atoms with Crippen molar-refractivity contribution in [2.75, 3.05) is 12.3 Å². The number of anilines is 1. The van der Waals surface area contributed by atoms with Gasteiger partial charge in [0.1, 0.15) is 0 Å². The van der Waals surface area contributed by atoms with Gasteiger partial charge >= 0.3 is 0 Å². The first-order valence-electron chi connectivity index (χ1n) is 9.58. The molecule has 1 amide bonds. The molecule has 0 aliphatic carbocycles. The van der Waals surface area contributed by atoms with Crippen molar-refractivity contribution in [2.24, 2.45) is 0 Å². The number of amides is 1. The Morgan fingerprint density at radius 2 is 1.79 bits per heavy atom. The van der Waals surface area contributed by atoms with E-state index < -0.39 is 0 Å². The Morgan fingerprint density at radius 3 is 2.50 bits per heavy atom. The van der Waals surface area contributed by atoms with Gasteiger partial charge in [0.05, 0.1) is 18.2 Å². The Labute approximate surface area is 164 Å². The standard InChI is InChI=1S/C22H23N5O/c23-22-25-14-18(15-26-22)19-10-9-17(13-24-19)20-8-4-5-11-27(20)21(28)12-16-6-2-1-3-7-16/h1-3,6-7,9-10,13-15,20H,4-5,8,11-12H2,(H2,23,25,26). The van der Waals surface area contributed by atoms with E-state index in [-0.39, 0.29) is 17.9 Å². The summed E-state index contributed by atoms with van der Waals surface area (Å²) in [5.74, 6) is 0.419. The number of carbonyl (C=O) groups is 1. The third kappa shape index (κ3) is 4.01. The summed E-state index contributed by atoms with van der Waals surface area (Å²) >= 11 is 0. The monoisotopic (exact) mass is 373 g/mol. The number of pyridine rings is 1. The second-order valence-corrected chi connectivity index (χ2v) is 7.07. The molecule has 2 N–H and O–H groups in total. The van der Waals surface area contributed by atoms with Crippen molar-refractivity contribution >= 4 is 11.9 Å². The first-order valence-corrected chi connectivity index (χ1v) is 9.58. The molecule has 28 heavy (non-hydrogen) atoms. The molecule has 142 valence electrons. The molecule has 1 saturated heterocycles. The quantitative estimate of drug-likeness (QED) is 0.757. The molecule has 4 rings (SSSR count). The number of rotatable bonds is 4. The molecule has 1 aliphatic heterocycles. The summed E-state index contributed by atoms with van der Waals surface area (Å²) in [6.07, 6.45) is 8.77. The Balaban J connectivity index is 1.52. The van der Waals surface area contributed by atoms with Crippen LogP contribution in [0.3, 0.4) is 0 Å². The smallest absolute Gasteiger partial charge is 0.227 e. The van der Waals surface area contributed by atoms with Crippen LogP contribution in [0, 0.1) is 0 Å². The molecule has 6 nitrogen and oxygen atoms in total. The zero-order valence-electron chi connectivity index (χ0n) is 15.7. The van der Waals surface area contributed by atoms with Crippen molar-refractivity contribution in [3.05, 3.63) is 72.2 Å².